The van der Waals surface area contributed by atoms with Crippen LogP contribution in [0.5, 0.6) is 0 Å². The summed E-state index contributed by atoms with van der Waals surface area (Å²) in [5.41, 5.74) is 2.48. The number of benzene rings is 2. The first kappa shape index (κ1) is 25.5. The molecule has 1 aliphatic heterocycles. The van der Waals surface area contributed by atoms with Crippen molar-refractivity contribution in [1.29, 1.82) is 0 Å². The van der Waals surface area contributed by atoms with Gasteiger partial charge in [0.2, 0.25) is 11.8 Å². The minimum absolute atomic E-state index is 0.0183. The van der Waals surface area contributed by atoms with Crippen molar-refractivity contribution in [3.63, 3.8) is 0 Å². The molecule has 2 heterocycles. The van der Waals surface area contributed by atoms with E-state index >= 15 is 0 Å². The van der Waals surface area contributed by atoms with Crippen LogP contribution in [0.15, 0.2) is 60.7 Å². The molecule has 2 aromatic carbocycles. The van der Waals surface area contributed by atoms with Gasteiger partial charge in [-0.05, 0) is 55.7 Å². The molecule has 1 saturated carbocycles. The second-order valence-corrected chi connectivity index (χ2v) is 10.4. The average Bonchev–Trinajstić information content (AvgIpc) is 3.77. The predicted octanol–water partition coefficient (Wildman–Crippen LogP) is 5.10. The topological polar surface area (TPSA) is 69.6 Å². The van der Waals surface area contributed by atoms with E-state index in [2.05, 4.69) is 15.1 Å². The Balaban J connectivity index is 1.20. The molecule has 192 valence electrons. The zero-order valence-electron chi connectivity index (χ0n) is 20.7. The van der Waals surface area contributed by atoms with Crippen LogP contribution in [-0.4, -0.2) is 64.5 Å². The number of hydrogen-bond donors (Lipinski definition) is 0. The second kappa shape index (κ2) is 11.1. The summed E-state index contributed by atoms with van der Waals surface area (Å²) in [5.74, 6) is 0.874. The first-order chi connectivity index (χ1) is 17.9. The molecule has 2 amide bonds. The number of carbonyl (C=O) groups excluding carboxylic acids is 2. The van der Waals surface area contributed by atoms with Crippen LogP contribution >= 0.6 is 23.2 Å². The zero-order valence-corrected chi connectivity index (χ0v) is 22.2. The highest BCUT2D eigenvalue weighted by atomic mass is 35.5. The van der Waals surface area contributed by atoms with E-state index in [1.165, 1.54) is 0 Å². The lowest BCUT2D eigenvalue weighted by Gasteiger charge is -2.37. The number of halogens is 2. The second-order valence-electron chi connectivity index (χ2n) is 9.60. The molecule has 37 heavy (non-hydrogen) atoms. The van der Waals surface area contributed by atoms with Crippen molar-refractivity contribution in [2.75, 3.05) is 37.6 Å². The Hall–Kier alpha value is -3.16. The predicted molar refractivity (Wildman–Crippen MR) is 146 cm³/mol. The van der Waals surface area contributed by atoms with Crippen molar-refractivity contribution in [3.8, 4) is 11.3 Å². The summed E-state index contributed by atoms with van der Waals surface area (Å²) in [5, 5.41) is 9.84. The SMILES string of the molecule is C[C@H](c1ccccc1)N(CC(=O)N1CCN(c2ccc(-c3ccc(Cl)cc3Cl)nn2)CC1)C(=O)C1CC1. The van der Waals surface area contributed by atoms with Gasteiger partial charge in [-0.1, -0.05) is 53.5 Å². The van der Waals surface area contributed by atoms with Crippen LogP contribution in [0.1, 0.15) is 31.4 Å². The summed E-state index contributed by atoms with van der Waals surface area (Å²) in [6, 6.07) is 18.8. The van der Waals surface area contributed by atoms with Crippen LogP contribution in [0.2, 0.25) is 10.0 Å². The van der Waals surface area contributed by atoms with Crippen molar-refractivity contribution in [2.45, 2.75) is 25.8 Å². The van der Waals surface area contributed by atoms with E-state index in [0.29, 0.717) is 41.9 Å². The van der Waals surface area contributed by atoms with Gasteiger partial charge in [0.1, 0.15) is 6.54 Å². The van der Waals surface area contributed by atoms with E-state index < -0.39 is 0 Å². The Morgan fingerprint density at radius 2 is 1.70 bits per heavy atom. The highest BCUT2D eigenvalue weighted by Gasteiger charge is 2.37. The Kier molecular flexibility index (Phi) is 7.63. The maximum atomic E-state index is 13.3. The number of rotatable bonds is 7. The highest BCUT2D eigenvalue weighted by molar-refractivity contribution is 6.36. The summed E-state index contributed by atoms with van der Waals surface area (Å²) in [4.78, 5) is 32.0. The molecule has 0 unspecified atom stereocenters. The van der Waals surface area contributed by atoms with Gasteiger partial charge in [-0.3, -0.25) is 9.59 Å². The van der Waals surface area contributed by atoms with Crippen molar-refractivity contribution in [2.24, 2.45) is 5.92 Å². The van der Waals surface area contributed by atoms with Gasteiger partial charge in [0.05, 0.1) is 16.8 Å². The molecule has 0 spiro atoms. The van der Waals surface area contributed by atoms with E-state index in [-0.39, 0.29) is 30.3 Å². The lowest BCUT2D eigenvalue weighted by Crippen LogP contribution is -2.52. The molecule has 1 atom stereocenters. The largest absolute Gasteiger partial charge is 0.352 e. The van der Waals surface area contributed by atoms with E-state index in [9.17, 15) is 9.59 Å². The van der Waals surface area contributed by atoms with Crippen LogP contribution in [0, 0.1) is 5.92 Å². The molecule has 1 aromatic heterocycles. The molecule has 2 aliphatic rings. The molecule has 1 saturated heterocycles. The van der Waals surface area contributed by atoms with E-state index in [4.69, 9.17) is 23.2 Å². The molecule has 3 aromatic rings. The third kappa shape index (κ3) is 5.89. The molecule has 0 bridgehead atoms. The zero-order chi connectivity index (χ0) is 25.9. The van der Waals surface area contributed by atoms with Crippen LogP contribution in [0.4, 0.5) is 5.82 Å². The van der Waals surface area contributed by atoms with E-state index in [0.717, 1.165) is 29.8 Å². The molecule has 2 fully saturated rings. The number of aromatic nitrogens is 2. The van der Waals surface area contributed by atoms with Crippen molar-refractivity contribution in [3.05, 3.63) is 76.3 Å². The van der Waals surface area contributed by atoms with Gasteiger partial charge in [-0.2, -0.15) is 0 Å². The number of carbonyl (C=O) groups is 2. The Labute approximate surface area is 227 Å². The highest BCUT2D eigenvalue weighted by Crippen LogP contribution is 2.34. The minimum Gasteiger partial charge on any atom is -0.352 e. The maximum Gasteiger partial charge on any atom is 0.242 e. The van der Waals surface area contributed by atoms with Gasteiger partial charge in [0.15, 0.2) is 5.82 Å². The Morgan fingerprint density at radius 3 is 2.32 bits per heavy atom. The molecule has 0 N–H and O–H groups in total. The monoisotopic (exact) mass is 537 g/mol. The number of piperazine rings is 1. The fourth-order valence-electron chi connectivity index (χ4n) is 4.65. The van der Waals surface area contributed by atoms with Gasteiger partial charge < -0.3 is 14.7 Å². The number of amides is 2. The van der Waals surface area contributed by atoms with Crippen molar-refractivity contribution >= 4 is 40.8 Å². The Morgan fingerprint density at radius 1 is 0.973 bits per heavy atom. The van der Waals surface area contributed by atoms with Crippen molar-refractivity contribution < 1.29 is 9.59 Å². The third-order valence-corrected chi connectivity index (χ3v) is 7.63. The summed E-state index contributed by atoms with van der Waals surface area (Å²) in [7, 11) is 0. The number of anilines is 1. The first-order valence-corrected chi connectivity index (χ1v) is 13.3. The first-order valence-electron chi connectivity index (χ1n) is 12.6. The van der Waals surface area contributed by atoms with Crippen LogP contribution < -0.4 is 4.90 Å². The molecular weight excluding hydrogens is 509 g/mol. The van der Waals surface area contributed by atoms with Gasteiger partial charge in [-0.15, -0.1) is 10.2 Å². The van der Waals surface area contributed by atoms with Crippen molar-refractivity contribution in [1.82, 2.24) is 20.0 Å². The summed E-state index contributed by atoms with van der Waals surface area (Å²) in [6.45, 7) is 4.52. The maximum absolute atomic E-state index is 13.3. The van der Waals surface area contributed by atoms with Gasteiger partial charge in [0.25, 0.3) is 0 Å². The quantitative estimate of drug-likeness (QED) is 0.419. The van der Waals surface area contributed by atoms with E-state index in [1.807, 2.05) is 60.4 Å². The molecule has 5 rings (SSSR count). The fourth-order valence-corrected chi connectivity index (χ4v) is 5.15. The number of hydrogen-bond acceptors (Lipinski definition) is 5. The average molecular weight is 538 g/mol. The molecule has 1 aliphatic carbocycles. The van der Waals surface area contributed by atoms with Crippen LogP contribution in [0.3, 0.4) is 0 Å². The van der Waals surface area contributed by atoms with Gasteiger partial charge in [-0.25, -0.2) is 0 Å². The molecule has 0 radical (unpaired) electrons. The summed E-state index contributed by atoms with van der Waals surface area (Å²) >= 11 is 12.3. The summed E-state index contributed by atoms with van der Waals surface area (Å²) in [6.07, 6.45) is 1.82. The van der Waals surface area contributed by atoms with Gasteiger partial charge in [0, 0.05) is 42.7 Å². The fraction of sp³-hybridized carbons (Fsp3) is 0.357. The lowest BCUT2D eigenvalue weighted by molar-refractivity contribution is -0.143. The standard InChI is InChI=1S/C28H29Cl2N5O2/c1-19(20-5-3-2-4-6-20)35(28(37)21-7-8-21)18-27(36)34-15-13-33(14-16-34)26-12-11-25(31-32-26)23-10-9-22(29)17-24(23)30/h2-6,9-12,17,19,21H,7-8,13-16,18H2,1H3/t19-/m1/s1. The number of nitrogens with zero attached hydrogens (tertiary/aromatic N) is 5. The van der Waals surface area contributed by atoms with Crippen LogP contribution in [-0.2, 0) is 9.59 Å². The van der Waals surface area contributed by atoms with Gasteiger partial charge >= 0.3 is 0 Å². The molecule has 9 heteroatoms. The minimum atomic E-state index is -0.150. The summed E-state index contributed by atoms with van der Waals surface area (Å²) < 4.78 is 0. The molecule has 7 nitrogen and oxygen atoms in total. The third-order valence-electron chi connectivity index (χ3n) is 7.08. The lowest BCUT2D eigenvalue weighted by atomic mass is 10.1. The van der Waals surface area contributed by atoms with E-state index in [1.54, 1.807) is 17.0 Å². The Bertz CT molecular complexity index is 1260. The smallest absolute Gasteiger partial charge is 0.242 e. The molecular formula is C28H29Cl2N5O2. The normalized spacial score (nSPS) is 16.4. The van der Waals surface area contributed by atoms with Crippen LogP contribution in [0.25, 0.3) is 11.3 Å².